The first-order valence-electron chi connectivity index (χ1n) is 9.59. The number of pyridine rings is 1. The molecule has 2 aromatic rings. The van der Waals surface area contributed by atoms with Gasteiger partial charge in [0.25, 0.3) is 5.56 Å². The maximum absolute atomic E-state index is 12.7. The summed E-state index contributed by atoms with van der Waals surface area (Å²) in [4.78, 5) is 13.5. The molecule has 4 rings (SSSR count). The minimum atomic E-state index is -1.07. The second kappa shape index (κ2) is 6.62. The van der Waals surface area contributed by atoms with Crippen LogP contribution >= 0.6 is 0 Å². The van der Waals surface area contributed by atoms with Crippen LogP contribution in [0.2, 0.25) is 0 Å². The number of aryl methyl sites for hydroxylation is 1. The van der Waals surface area contributed by atoms with Gasteiger partial charge in [-0.1, -0.05) is 13.8 Å². The van der Waals surface area contributed by atoms with Gasteiger partial charge < -0.3 is 9.30 Å². The molecule has 1 unspecified atom stereocenters. The smallest absolute Gasteiger partial charge is 0.253 e. The third-order valence-corrected chi connectivity index (χ3v) is 6.47. The normalized spacial score (nSPS) is 19.0. The van der Waals surface area contributed by atoms with E-state index in [4.69, 9.17) is 4.74 Å². The largest absolute Gasteiger partial charge is 0.493 e. The molecule has 144 valence electrons. The second-order valence-corrected chi connectivity index (χ2v) is 10.2. The number of aromatic nitrogens is 1. The zero-order valence-corrected chi connectivity index (χ0v) is 17.3. The molecule has 0 radical (unpaired) electrons. The van der Waals surface area contributed by atoms with Gasteiger partial charge in [-0.05, 0) is 61.8 Å². The average Bonchev–Trinajstić information content (AvgIpc) is 3.38. The van der Waals surface area contributed by atoms with Crippen LogP contribution in [-0.2, 0) is 23.8 Å². The molecule has 27 heavy (non-hydrogen) atoms. The molecule has 1 aromatic heterocycles. The van der Waals surface area contributed by atoms with Crippen LogP contribution < -0.4 is 10.3 Å². The highest BCUT2D eigenvalue weighted by Gasteiger charge is 2.32. The molecule has 2 heterocycles. The Morgan fingerprint density at radius 1 is 1.22 bits per heavy atom. The van der Waals surface area contributed by atoms with E-state index in [-0.39, 0.29) is 11.0 Å². The molecule has 0 N–H and O–H groups in total. The molecule has 1 saturated carbocycles. The van der Waals surface area contributed by atoms with Crippen LogP contribution in [0, 0.1) is 18.3 Å². The van der Waals surface area contributed by atoms with Gasteiger partial charge in [0.15, 0.2) is 0 Å². The van der Waals surface area contributed by atoms with Gasteiger partial charge in [-0.25, -0.2) is 0 Å². The SMILES string of the molecule is Cc1cc(-c2cc(S(C)=O)ccc2OCC2CC2)c2n(c1=O)CC(C)(C)C2. The van der Waals surface area contributed by atoms with Crippen LogP contribution in [0.3, 0.4) is 0 Å². The average molecular weight is 386 g/mol. The van der Waals surface area contributed by atoms with E-state index in [2.05, 4.69) is 13.8 Å². The third-order valence-electron chi connectivity index (χ3n) is 5.56. The fourth-order valence-corrected chi connectivity index (χ4v) is 4.43. The van der Waals surface area contributed by atoms with Crippen LogP contribution in [0.5, 0.6) is 5.75 Å². The lowest BCUT2D eigenvalue weighted by Crippen LogP contribution is -2.24. The molecule has 5 heteroatoms. The van der Waals surface area contributed by atoms with Gasteiger partial charge >= 0.3 is 0 Å². The van der Waals surface area contributed by atoms with Crippen molar-refractivity contribution in [1.29, 1.82) is 0 Å². The van der Waals surface area contributed by atoms with Crippen molar-refractivity contribution < 1.29 is 8.95 Å². The van der Waals surface area contributed by atoms with E-state index in [0.717, 1.165) is 52.6 Å². The number of nitrogens with zero attached hydrogens (tertiary/aromatic N) is 1. The first kappa shape index (κ1) is 18.5. The Morgan fingerprint density at radius 3 is 2.63 bits per heavy atom. The molecule has 2 aliphatic rings. The molecule has 4 nitrogen and oxygen atoms in total. The van der Waals surface area contributed by atoms with E-state index in [0.29, 0.717) is 5.92 Å². The van der Waals surface area contributed by atoms with Gasteiger partial charge in [0.05, 0.1) is 6.61 Å². The minimum Gasteiger partial charge on any atom is -0.493 e. The Bertz CT molecular complexity index is 986. The Morgan fingerprint density at radius 2 is 1.96 bits per heavy atom. The van der Waals surface area contributed by atoms with E-state index >= 15 is 0 Å². The molecule has 1 aromatic carbocycles. The molecule has 1 aliphatic heterocycles. The summed E-state index contributed by atoms with van der Waals surface area (Å²) in [5, 5.41) is 0. The van der Waals surface area contributed by atoms with Gasteiger partial charge in [0.1, 0.15) is 5.75 Å². The standard InChI is InChI=1S/C22H27NO3S/c1-14-9-17(19-11-22(2,3)13-23(19)21(14)24)18-10-16(27(4)25)7-8-20(18)26-12-15-5-6-15/h7-10,15H,5-6,11-13H2,1-4H3. The lowest BCUT2D eigenvalue weighted by atomic mass is 9.89. The van der Waals surface area contributed by atoms with Crippen molar-refractivity contribution in [2.75, 3.05) is 12.9 Å². The van der Waals surface area contributed by atoms with Crippen molar-refractivity contribution in [2.45, 2.75) is 51.5 Å². The van der Waals surface area contributed by atoms with Crippen molar-refractivity contribution in [1.82, 2.24) is 4.57 Å². The Balaban J connectivity index is 1.88. The first-order chi connectivity index (χ1) is 12.7. The Kier molecular flexibility index (Phi) is 4.53. The molecule has 1 fully saturated rings. The number of hydrogen-bond donors (Lipinski definition) is 0. The first-order valence-corrected chi connectivity index (χ1v) is 11.1. The monoisotopic (exact) mass is 385 g/mol. The van der Waals surface area contributed by atoms with Gasteiger partial charge in [-0.15, -0.1) is 0 Å². The van der Waals surface area contributed by atoms with Crippen molar-refractivity contribution in [3.63, 3.8) is 0 Å². The van der Waals surface area contributed by atoms with Crippen LogP contribution in [0.4, 0.5) is 0 Å². The van der Waals surface area contributed by atoms with E-state index in [9.17, 15) is 9.00 Å². The summed E-state index contributed by atoms with van der Waals surface area (Å²) in [6, 6.07) is 7.78. The van der Waals surface area contributed by atoms with E-state index in [1.807, 2.05) is 35.8 Å². The maximum Gasteiger partial charge on any atom is 0.253 e. The molecule has 0 spiro atoms. The van der Waals surface area contributed by atoms with E-state index in [1.54, 1.807) is 6.26 Å². The molecular formula is C22H27NO3S. The summed E-state index contributed by atoms with van der Waals surface area (Å²) in [6.45, 7) is 7.71. The van der Waals surface area contributed by atoms with Crippen LogP contribution in [0.1, 0.15) is 37.9 Å². The summed E-state index contributed by atoms with van der Waals surface area (Å²) in [5.74, 6) is 1.48. The van der Waals surface area contributed by atoms with Crippen molar-refractivity contribution in [2.24, 2.45) is 11.3 Å². The van der Waals surface area contributed by atoms with Crippen molar-refractivity contribution in [3.05, 3.63) is 45.9 Å². The number of ether oxygens (including phenoxy) is 1. The number of hydrogen-bond acceptors (Lipinski definition) is 3. The van der Waals surface area contributed by atoms with Crippen LogP contribution in [0.15, 0.2) is 34.0 Å². The van der Waals surface area contributed by atoms with Gasteiger partial charge in [0, 0.05) is 50.9 Å². The fourth-order valence-electron chi connectivity index (χ4n) is 3.89. The predicted octanol–water partition coefficient (Wildman–Crippen LogP) is 3.93. The highest BCUT2D eigenvalue weighted by Crippen LogP contribution is 2.41. The van der Waals surface area contributed by atoms with Gasteiger partial charge in [-0.3, -0.25) is 9.00 Å². The Hall–Kier alpha value is -1.88. The Labute approximate surface area is 163 Å². The van der Waals surface area contributed by atoms with Gasteiger partial charge in [-0.2, -0.15) is 0 Å². The van der Waals surface area contributed by atoms with Crippen molar-refractivity contribution in [3.8, 4) is 16.9 Å². The predicted molar refractivity (Wildman–Crippen MR) is 109 cm³/mol. The zero-order valence-electron chi connectivity index (χ0n) is 16.5. The summed E-state index contributed by atoms with van der Waals surface area (Å²) in [7, 11) is -1.07. The molecule has 0 saturated heterocycles. The summed E-state index contributed by atoms with van der Waals surface area (Å²) < 4.78 is 20.2. The zero-order chi connectivity index (χ0) is 19.3. The highest BCUT2D eigenvalue weighted by atomic mass is 32.2. The molecule has 0 bridgehead atoms. The van der Waals surface area contributed by atoms with Crippen molar-refractivity contribution >= 4 is 10.8 Å². The summed E-state index contributed by atoms with van der Waals surface area (Å²) >= 11 is 0. The molecule has 1 atom stereocenters. The lowest BCUT2D eigenvalue weighted by molar-refractivity contribution is 0.301. The lowest BCUT2D eigenvalue weighted by Gasteiger charge is -2.17. The van der Waals surface area contributed by atoms with Gasteiger partial charge in [0.2, 0.25) is 0 Å². The molecular weight excluding hydrogens is 358 g/mol. The maximum atomic E-state index is 12.7. The molecule has 1 aliphatic carbocycles. The number of fused-ring (bicyclic) bond motifs is 1. The highest BCUT2D eigenvalue weighted by molar-refractivity contribution is 7.84. The summed E-state index contributed by atoms with van der Waals surface area (Å²) in [5.41, 5.74) is 3.93. The van der Waals surface area contributed by atoms with Crippen LogP contribution in [0.25, 0.3) is 11.1 Å². The molecule has 0 amide bonds. The third kappa shape index (κ3) is 3.62. The van der Waals surface area contributed by atoms with Crippen LogP contribution in [-0.4, -0.2) is 21.6 Å². The fraction of sp³-hybridized carbons (Fsp3) is 0.500. The topological polar surface area (TPSA) is 48.3 Å². The minimum absolute atomic E-state index is 0.0505. The van der Waals surface area contributed by atoms with E-state index < -0.39 is 10.8 Å². The summed E-state index contributed by atoms with van der Waals surface area (Å²) in [6.07, 6.45) is 5.00. The van der Waals surface area contributed by atoms with E-state index in [1.165, 1.54) is 12.8 Å². The second-order valence-electron chi connectivity index (χ2n) is 8.79. The number of benzene rings is 1. The quantitative estimate of drug-likeness (QED) is 0.783. The number of rotatable bonds is 5.